The maximum absolute atomic E-state index is 12.1. The first-order chi connectivity index (χ1) is 13.5. The van der Waals surface area contributed by atoms with Gasteiger partial charge in [0.15, 0.2) is 5.43 Å². The summed E-state index contributed by atoms with van der Waals surface area (Å²) in [6.45, 7) is 4.13. The van der Waals surface area contributed by atoms with Gasteiger partial charge in [0.1, 0.15) is 0 Å². The molecule has 2 heterocycles. The largest absolute Gasteiger partial charge is 0.369 e. The van der Waals surface area contributed by atoms with Crippen LogP contribution in [0.2, 0.25) is 0 Å². The summed E-state index contributed by atoms with van der Waals surface area (Å²) in [5, 5.41) is 11.5. The second-order valence-corrected chi connectivity index (χ2v) is 7.66. The maximum Gasteiger partial charge on any atom is 0.269 e. The molecule has 0 saturated carbocycles. The third-order valence-corrected chi connectivity index (χ3v) is 5.74. The topological polar surface area (TPSA) is 71.6 Å². The van der Waals surface area contributed by atoms with Gasteiger partial charge in [-0.15, -0.1) is 0 Å². The third-order valence-electron chi connectivity index (χ3n) is 5.10. The average Bonchev–Trinajstić information content (AvgIpc) is 2.71. The molecule has 8 heteroatoms. The number of halogens is 1. The van der Waals surface area contributed by atoms with Gasteiger partial charge in [0.05, 0.1) is 17.1 Å². The van der Waals surface area contributed by atoms with E-state index in [1.165, 1.54) is 0 Å². The van der Waals surface area contributed by atoms with Crippen molar-refractivity contribution in [2.24, 2.45) is 0 Å². The predicted molar refractivity (Wildman–Crippen MR) is 113 cm³/mol. The predicted octanol–water partition coefficient (Wildman–Crippen LogP) is 3.45. The molecule has 144 valence electrons. The van der Waals surface area contributed by atoms with E-state index in [4.69, 9.17) is 0 Å². The Kier molecular flexibility index (Phi) is 5.15. The molecule has 1 aliphatic heterocycles. The highest BCUT2D eigenvalue weighted by atomic mass is 79.9. The van der Waals surface area contributed by atoms with Crippen LogP contribution in [0.5, 0.6) is 0 Å². The Balaban J connectivity index is 1.47. The molecule has 28 heavy (non-hydrogen) atoms. The molecule has 0 bridgehead atoms. The summed E-state index contributed by atoms with van der Waals surface area (Å²) >= 11 is 3.57. The molecule has 0 N–H and O–H groups in total. The number of hydrogen-bond donors (Lipinski definition) is 0. The van der Waals surface area contributed by atoms with Crippen molar-refractivity contribution in [3.05, 3.63) is 79.5 Å². The quantitative estimate of drug-likeness (QED) is 0.456. The first-order valence-corrected chi connectivity index (χ1v) is 9.82. The van der Waals surface area contributed by atoms with Gasteiger partial charge in [-0.1, -0.05) is 6.07 Å². The molecular formula is C20H19BrN4O3. The number of pyridine rings is 1. The number of fused-ring (bicyclic) bond motifs is 1. The summed E-state index contributed by atoms with van der Waals surface area (Å²) < 4.78 is 3.01. The van der Waals surface area contributed by atoms with Gasteiger partial charge in [0.2, 0.25) is 0 Å². The van der Waals surface area contributed by atoms with Crippen LogP contribution in [0.1, 0.15) is 0 Å². The Morgan fingerprint density at radius 1 is 1.00 bits per heavy atom. The van der Waals surface area contributed by atoms with Crippen LogP contribution in [0.3, 0.4) is 0 Å². The van der Waals surface area contributed by atoms with Gasteiger partial charge in [-0.3, -0.25) is 19.8 Å². The number of nitrogens with zero attached hydrogens (tertiary/aromatic N) is 4. The molecule has 4 rings (SSSR count). The molecule has 0 radical (unpaired) electrons. The number of anilines is 1. The van der Waals surface area contributed by atoms with E-state index < -0.39 is 0 Å². The highest BCUT2D eigenvalue weighted by Crippen LogP contribution is 2.23. The normalized spacial score (nSPS) is 15.1. The lowest BCUT2D eigenvalue weighted by Gasteiger charge is -2.36. The molecule has 7 nitrogen and oxygen atoms in total. The summed E-state index contributed by atoms with van der Waals surface area (Å²) in [6, 6.07) is 14.0. The van der Waals surface area contributed by atoms with E-state index in [-0.39, 0.29) is 16.0 Å². The van der Waals surface area contributed by atoms with Crippen LogP contribution in [0.4, 0.5) is 11.4 Å². The molecule has 0 spiro atoms. The minimum absolute atomic E-state index is 0.0236. The molecule has 0 amide bonds. The van der Waals surface area contributed by atoms with E-state index in [0.29, 0.717) is 12.1 Å². The van der Waals surface area contributed by atoms with Gasteiger partial charge in [0.25, 0.3) is 5.69 Å². The lowest BCUT2D eigenvalue weighted by molar-refractivity contribution is -0.384. The Morgan fingerprint density at radius 3 is 2.39 bits per heavy atom. The van der Waals surface area contributed by atoms with Crippen LogP contribution in [0, 0.1) is 10.1 Å². The van der Waals surface area contributed by atoms with Crippen LogP contribution in [0.15, 0.2) is 64.0 Å². The van der Waals surface area contributed by atoms with E-state index in [0.717, 1.165) is 41.9 Å². The van der Waals surface area contributed by atoms with Gasteiger partial charge < -0.3 is 9.47 Å². The number of non-ortho nitro benzene ring substituents is 1. The van der Waals surface area contributed by atoms with Crippen molar-refractivity contribution < 1.29 is 4.92 Å². The van der Waals surface area contributed by atoms with Crippen LogP contribution < -0.4 is 10.3 Å². The first kappa shape index (κ1) is 18.6. The second kappa shape index (κ2) is 7.73. The van der Waals surface area contributed by atoms with Crippen LogP contribution in [-0.4, -0.2) is 40.6 Å². The van der Waals surface area contributed by atoms with Crippen molar-refractivity contribution >= 4 is 38.2 Å². The van der Waals surface area contributed by atoms with Gasteiger partial charge in [-0.25, -0.2) is 0 Å². The molecule has 1 aromatic heterocycles. The van der Waals surface area contributed by atoms with E-state index in [2.05, 4.69) is 30.3 Å². The molecule has 0 atom stereocenters. The van der Waals surface area contributed by atoms with Crippen LogP contribution >= 0.6 is 15.9 Å². The fourth-order valence-corrected chi connectivity index (χ4v) is 4.19. The van der Waals surface area contributed by atoms with Gasteiger partial charge in [-0.2, -0.15) is 0 Å². The zero-order valence-corrected chi connectivity index (χ0v) is 16.7. The van der Waals surface area contributed by atoms with E-state index in [1.807, 2.05) is 24.4 Å². The zero-order chi connectivity index (χ0) is 19.7. The maximum atomic E-state index is 12.1. The molecule has 2 aromatic carbocycles. The number of benzene rings is 2. The number of rotatable bonds is 4. The Hall–Kier alpha value is -2.71. The number of nitro benzene ring substituents is 1. The van der Waals surface area contributed by atoms with Crippen molar-refractivity contribution in [3.8, 4) is 0 Å². The second-order valence-electron chi connectivity index (χ2n) is 6.81. The van der Waals surface area contributed by atoms with E-state index >= 15 is 0 Å². The van der Waals surface area contributed by atoms with Gasteiger partial charge in [0, 0.05) is 66.1 Å². The van der Waals surface area contributed by atoms with Crippen molar-refractivity contribution in [3.63, 3.8) is 0 Å². The highest BCUT2D eigenvalue weighted by molar-refractivity contribution is 9.10. The van der Waals surface area contributed by atoms with E-state index in [1.54, 1.807) is 30.3 Å². The molecule has 1 fully saturated rings. The third kappa shape index (κ3) is 3.65. The standard InChI is InChI=1S/C20H19BrN4O3/c21-18-3-1-2-17-19(26)8-9-24(20(17)18)14-22-10-12-23(13-11-22)15-4-6-16(7-5-15)25(27)28/h1-9H,10-14H2. The Morgan fingerprint density at radius 2 is 1.71 bits per heavy atom. The number of hydrogen-bond acceptors (Lipinski definition) is 5. The van der Waals surface area contributed by atoms with Crippen molar-refractivity contribution in [1.29, 1.82) is 0 Å². The number of aromatic nitrogens is 1. The Labute approximate surface area is 170 Å². The number of piperazine rings is 1. The molecule has 3 aromatic rings. The van der Waals surface area contributed by atoms with Gasteiger partial charge >= 0.3 is 0 Å². The van der Waals surface area contributed by atoms with Gasteiger partial charge in [-0.05, 0) is 40.2 Å². The van der Waals surface area contributed by atoms with E-state index in [9.17, 15) is 14.9 Å². The Bertz CT molecular complexity index is 1070. The molecular weight excluding hydrogens is 424 g/mol. The van der Waals surface area contributed by atoms with Crippen molar-refractivity contribution in [2.75, 3.05) is 31.1 Å². The summed E-state index contributed by atoms with van der Waals surface area (Å²) in [7, 11) is 0. The minimum atomic E-state index is -0.380. The summed E-state index contributed by atoms with van der Waals surface area (Å²) in [5.41, 5.74) is 2.04. The first-order valence-electron chi connectivity index (χ1n) is 9.02. The summed E-state index contributed by atoms with van der Waals surface area (Å²) in [5.74, 6) is 0. The SMILES string of the molecule is O=c1ccn(CN2CCN(c3ccc([N+](=O)[O-])cc3)CC2)c2c(Br)cccc12. The molecule has 0 aliphatic carbocycles. The molecule has 1 aliphatic rings. The lowest BCUT2D eigenvalue weighted by atomic mass is 10.2. The number of para-hydroxylation sites is 1. The summed E-state index contributed by atoms with van der Waals surface area (Å²) in [4.78, 5) is 27.1. The highest BCUT2D eigenvalue weighted by Gasteiger charge is 2.19. The lowest BCUT2D eigenvalue weighted by Crippen LogP contribution is -2.46. The monoisotopic (exact) mass is 442 g/mol. The zero-order valence-electron chi connectivity index (χ0n) is 15.1. The van der Waals surface area contributed by atoms with Crippen molar-refractivity contribution in [1.82, 2.24) is 9.47 Å². The molecule has 0 unspecified atom stereocenters. The smallest absolute Gasteiger partial charge is 0.269 e. The number of nitro groups is 1. The van der Waals surface area contributed by atoms with Crippen LogP contribution in [-0.2, 0) is 6.67 Å². The van der Waals surface area contributed by atoms with Crippen LogP contribution in [0.25, 0.3) is 10.9 Å². The average molecular weight is 443 g/mol. The molecule has 1 saturated heterocycles. The fraction of sp³-hybridized carbons (Fsp3) is 0.250. The fourth-order valence-electron chi connectivity index (χ4n) is 3.59. The van der Waals surface area contributed by atoms with Crippen molar-refractivity contribution in [2.45, 2.75) is 6.67 Å². The summed E-state index contributed by atoms with van der Waals surface area (Å²) in [6.07, 6.45) is 1.85. The minimum Gasteiger partial charge on any atom is -0.369 e.